The van der Waals surface area contributed by atoms with E-state index in [0.717, 1.165) is 24.1 Å². The quantitative estimate of drug-likeness (QED) is 0.702. The van der Waals surface area contributed by atoms with Gasteiger partial charge in [-0.15, -0.1) is 0 Å². The third-order valence-electron chi connectivity index (χ3n) is 4.82. The van der Waals surface area contributed by atoms with Gasteiger partial charge in [0.1, 0.15) is 0 Å². The molecule has 0 aliphatic heterocycles. The van der Waals surface area contributed by atoms with Crippen LogP contribution in [0.2, 0.25) is 0 Å². The van der Waals surface area contributed by atoms with Gasteiger partial charge in [-0.25, -0.2) is 8.42 Å². The van der Waals surface area contributed by atoms with Crippen molar-refractivity contribution >= 4 is 21.6 Å². The van der Waals surface area contributed by atoms with E-state index in [1.165, 1.54) is 22.0 Å². The third kappa shape index (κ3) is 4.10. The number of allylic oxidation sites excluding steroid dienone is 1. The summed E-state index contributed by atoms with van der Waals surface area (Å²) in [6.45, 7) is 4.34. The van der Waals surface area contributed by atoms with Crippen LogP contribution in [0.3, 0.4) is 0 Å². The van der Waals surface area contributed by atoms with Crippen LogP contribution in [0.25, 0.3) is 5.70 Å². The average molecular weight is 400 g/mol. The van der Waals surface area contributed by atoms with E-state index < -0.39 is 10.0 Å². The Balaban J connectivity index is 1.75. The summed E-state index contributed by atoms with van der Waals surface area (Å²) in [5, 5.41) is 0. The second kappa shape index (κ2) is 8.58. The van der Waals surface area contributed by atoms with E-state index in [1.54, 1.807) is 26.0 Å². The Morgan fingerprint density at radius 1 is 1.07 bits per heavy atom. The van der Waals surface area contributed by atoms with Crippen molar-refractivity contribution in [3.05, 3.63) is 71.3 Å². The molecule has 3 rings (SSSR count). The molecule has 1 aliphatic rings. The maximum Gasteiger partial charge on any atom is 0.269 e. The van der Waals surface area contributed by atoms with Gasteiger partial charge in [0.25, 0.3) is 5.91 Å². The van der Waals surface area contributed by atoms with Gasteiger partial charge in [0.05, 0.1) is 10.6 Å². The van der Waals surface area contributed by atoms with Crippen molar-refractivity contribution < 1.29 is 13.2 Å². The largest absolute Gasteiger partial charge is 0.298 e. The molecule has 0 saturated carbocycles. The lowest BCUT2D eigenvalue weighted by Crippen LogP contribution is -2.37. The predicted molar refractivity (Wildman–Crippen MR) is 110 cm³/mol. The normalized spacial score (nSPS) is 13.6. The van der Waals surface area contributed by atoms with Gasteiger partial charge in [0.15, 0.2) is 0 Å². The number of aryl methyl sites for hydroxylation is 1. The zero-order chi connectivity index (χ0) is 20.1. The Morgan fingerprint density at radius 2 is 1.82 bits per heavy atom. The third-order valence-corrected chi connectivity index (χ3v) is 6.87. The van der Waals surface area contributed by atoms with Crippen LogP contribution in [0.5, 0.6) is 0 Å². The first kappa shape index (κ1) is 20.1. The zero-order valence-electron chi connectivity index (χ0n) is 16.1. The van der Waals surface area contributed by atoms with Crippen LogP contribution in [0.15, 0.2) is 59.5 Å². The lowest BCUT2D eigenvalue weighted by atomic mass is 9.95. The minimum Gasteiger partial charge on any atom is -0.298 e. The highest BCUT2D eigenvalue weighted by Gasteiger charge is 2.22. The second-order valence-electron chi connectivity index (χ2n) is 6.51. The van der Waals surface area contributed by atoms with E-state index in [2.05, 4.69) is 16.9 Å². The number of fused-ring (bicyclic) bond motifs is 1. The van der Waals surface area contributed by atoms with Crippen molar-refractivity contribution in [1.29, 1.82) is 0 Å². The highest BCUT2D eigenvalue weighted by Crippen LogP contribution is 2.23. The second-order valence-corrected chi connectivity index (χ2v) is 8.45. The molecule has 28 heavy (non-hydrogen) atoms. The topological polar surface area (TPSA) is 78.5 Å². The molecule has 0 bridgehead atoms. The molecule has 0 unspecified atom stereocenters. The molecule has 148 valence electrons. The van der Waals surface area contributed by atoms with E-state index >= 15 is 0 Å². The summed E-state index contributed by atoms with van der Waals surface area (Å²) in [6.07, 6.45) is 3.91. The van der Waals surface area contributed by atoms with Crippen LogP contribution in [-0.4, -0.2) is 31.7 Å². The van der Waals surface area contributed by atoms with Gasteiger partial charge in [-0.2, -0.15) is 4.31 Å². The molecule has 2 aromatic carbocycles. The average Bonchev–Trinajstić information content (AvgIpc) is 2.72. The Kier molecular flexibility index (Phi) is 6.16. The number of hydrogen-bond acceptors (Lipinski definition) is 4. The number of carbonyl (C=O) groups is 1. The van der Waals surface area contributed by atoms with Crippen molar-refractivity contribution in [2.24, 2.45) is 0 Å². The van der Waals surface area contributed by atoms with Crippen LogP contribution in [0.1, 0.15) is 41.8 Å². The van der Waals surface area contributed by atoms with Crippen molar-refractivity contribution in [3.63, 3.8) is 0 Å². The first-order valence-corrected chi connectivity index (χ1v) is 10.9. The summed E-state index contributed by atoms with van der Waals surface area (Å²) < 4.78 is 26.7. The van der Waals surface area contributed by atoms with Gasteiger partial charge in [0, 0.05) is 24.2 Å². The minimum atomic E-state index is -3.61. The van der Waals surface area contributed by atoms with Crippen molar-refractivity contribution in [3.8, 4) is 0 Å². The van der Waals surface area contributed by atoms with E-state index in [1.807, 2.05) is 24.3 Å². The van der Waals surface area contributed by atoms with Gasteiger partial charge in [-0.1, -0.05) is 50.3 Å². The number of hydrogen-bond donors (Lipinski definition) is 2. The Morgan fingerprint density at radius 3 is 2.57 bits per heavy atom. The number of carbonyl (C=O) groups excluding carboxylic acids is 1. The molecule has 0 aromatic heterocycles. The zero-order valence-corrected chi connectivity index (χ0v) is 16.9. The smallest absolute Gasteiger partial charge is 0.269 e. The van der Waals surface area contributed by atoms with Crippen LogP contribution in [0, 0.1) is 0 Å². The SMILES string of the molecule is CCN(CC)S(=O)(=O)c1cccc(C(=O)NNC2=CCCc3ccccc32)c1. The molecule has 0 radical (unpaired) electrons. The first-order valence-electron chi connectivity index (χ1n) is 9.42. The van der Waals surface area contributed by atoms with Gasteiger partial charge in [0.2, 0.25) is 10.0 Å². The van der Waals surface area contributed by atoms with E-state index in [0.29, 0.717) is 13.1 Å². The number of nitrogens with zero attached hydrogens (tertiary/aromatic N) is 1. The lowest BCUT2D eigenvalue weighted by Gasteiger charge is -2.20. The summed E-state index contributed by atoms with van der Waals surface area (Å²) in [5.41, 5.74) is 9.09. The van der Waals surface area contributed by atoms with E-state index in [4.69, 9.17) is 0 Å². The highest BCUT2D eigenvalue weighted by molar-refractivity contribution is 7.89. The minimum absolute atomic E-state index is 0.117. The van der Waals surface area contributed by atoms with Gasteiger partial charge < -0.3 is 0 Å². The van der Waals surface area contributed by atoms with E-state index in [9.17, 15) is 13.2 Å². The van der Waals surface area contributed by atoms with Crippen molar-refractivity contribution in [2.75, 3.05) is 13.1 Å². The van der Waals surface area contributed by atoms with Crippen LogP contribution < -0.4 is 10.9 Å². The molecule has 0 heterocycles. The number of rotatable bonds is 7. The monoisotopic (exact) mass is 399 g/mol. The van der Waals surface area contributed by atoms with Crippen molar-refractivity contribution in [2.45, 2.75) is 31.6 Å². The Labute approximate surface area is 166 Å². The lowest BCUT2D eigenvalue weighted by molar-refractivity contribution is 0.0942. The molecule has 0 spiro atoms. The standard InChI is InChI=1S/C21H25N3O3S/c1-3-24(4-2)28(26,27)18-12-7-11-17(15-18)21(25)23-22-20-14-8-10-16-9-5-6-13-19(16)20/h5-7,9,11-15,22H,3-4,8,10H2,1-2H3,(H,23,25). The van der Waals surface area contributed by atoms with Gasteiger partial charge in [-0.3, -0.25) is 15.6 Å². The molecule has 2 aromatic rings. The molecule has 0 saturated heterocycles. The van der Waals surface area contributed by atoms with Crippen LogP contribution in [-0.2, 0) is 16.4 Å². The fourth-order valence-electron chi connectivity index (χ4n) is 3.31. The maximum atomic E-state index is 12.7. The van der Waals surface area contributed by atoms with Crippen molar-refractivity contribution in [1.82, 2.24) is 15.2 Å². The summed E-state index contributed by atoms with van der Waals surface area (Å²) in [6, 6.07) is 14.2. The Bertz CT molecular complexity index is 995. The van der Waals surface area contributed by atoms with E-state index in [-0.39, 0.29) is 16.4 Å². The van der Waals surface area contributed by atoms with Gasteiger partial charge in [-0.05, 0) is 36.6 Å². The summed E-state index contributed by atoms with van der Waals surface area (Å²) in [5.74, 6) is -0.388. The maximum absolute atomic E-state index is 12.7. The molecule has 1 aliphatic carbocycles. The molecule has 0 fully saturated rings. The number of amides is 1. The number of hydrazine groups is 1. The number of sulfonamides is 1. The summed E-state index contributed by atoms with van der Waals surface area (Å²) in [7, 11) is -3.61. The summed E-state index contributed by atoms with van der Waals surface area (Å²) >= 11 is 0. The molecule has 6 nitrogen and oxygen atoms in total. The molecule has 7 heteroatoms. The molecular formula is C21H25N3O3S. The first-order chi connectivity index (χ1) is 13.5. The van der Waals surface area contributed by atoms with Gasteiger partial charge >= 0.3 is 0 Å². The van der Waals surface area contributed by atoms with Crippen LogP contribution >= 0.6 is 0 Å². The summed E-state index contributed by atoms with van der Waals surface area (Å²) in [4.78, 5) is 12.7. The highest BCUT2D eigenvalue weighted by atomic mass is 32.2. The Hall–Kier alpha value is -2.64. The number of benzene rings is 2. The number of nitrogens with one attached hydrogen (secondary N) is 2. The molecule has 2 N–H and O–H groups in total. The molecular weight excluding hydrogens is 374 g/mol. The predicted octanol–water partition coefficient (Wildman–Crippen LogP) is 2.94. The molecule has 0 atom stereocenters. The van der Waals surface area contributed by atoms with Crippen LogP contribution in [0.4, 0.5) is 0 Å². The fourth-order valence-corrected chi connectivity index (χ4v) is 4.81. The molecule has 1 amide bonds. The fraction of sp³-hybridized carbons (Fsp3) is 0.286.